The molecule has 0 aliphatic heterocycles. The molecule has 106 valence electrons. The van der Waals surface area contributed by atoms with Gasteiger partial charge >= 0.3 is 0 Å². The van der Waals surface area contributed by atoms with E-state index >= 15 is 0 Å². The van der Waals surface area contributed by atoms with Crippen LogP contribution in [0.15, 0.2) is 24.3 Å². The summed E-state index contributed by atoms with van der Waals surface area (Å²) < 4.78 is 0. The Balaban J connectivity index is 0. The molecule has 2 unspecified atom stereocenters. The summed E-state index contributed by atoms with van der Waals surface area (Å²) in [5.41, 5.74) is 2.40. The van der Waals surface area contributed by atoms with E-state index in [4.69, 9.17) is 0 Å². The summed E-state index contributed by atoms with van der Waals surface area (Å²) in [7, 11) is 0. The first kappa shape index (κ1) is 19.7. The first-order valence-corrected chi connectivity index (χ1v) is 6.28. The van der Waals surface area contributed by atoms with Gasteiger partial charge in [-0.1, -0.05) is 13.8 Å². The molecule has 4 heteroatoms. The molecule has 0 heterocycles. The van der Waals surface area contributed by atoms with Crippen molar-refractivity contribution in [1.29, 1.82) is 0 Å². The zero-order valence-electron chi connectivity index (χ0n) is 11.7. The lowest BCUT2D eigenvalue weighted by Crippen LogP contribution is -2.14. The van der Waals surface area contributed by atoms with Gasteiger partial charge in [-0.15, -0.1) is 24.8 Å². The molecule has 0 saturated heterocycles. The number of nitrogens with one attached hydrogen (secondary N) is 2. The molecule has 2 atom stereocenters. The minimum Gasteiger partial charge on any atom is -0.383 e. The van der Waals surface area contributed by atoms with Crippen LogP contribution < -0.4 is 10.6 Å². The van der Waals surface area contributed by atoms with Gasteiger partial charge < -0.3 is 10.6 Å². The van der Waals surface area contributed by atoms with Gasteiger partial charge in [0.2, 0.25) is 0 Å². The monoisotopic (exact) mass is 292 g/mol. The Morgan fingerprint density at radius 2 is 1.06 bits per heavy atom. The van der Waals surface area contributed by atoms with Crippen molar-refractivity contribution in [3.63, 3.8) is 0 Å². The van der Waals surface area contributed by atoms with Crippen LogP contribution in [-0.4, -0.2) is 12.1 Å². The molecule has 1 aromatic carbocycles. The molecule has 0 bridgehead atoms. The highest BCUT2D eigenvalue weighted by Gasteiger charge is 2.00. The maximum atomic E-state index is 3.46. The maximum absolute atomic E-state index is 3.46. The fourth-order valence-electron chi connectivity index (χ4n) is 1.44. The van der Waals surface area contributed by atoms with Gasteiger partial charge in [0.1, 0.15) is 0 Å². The molecule has 0 radical (unpaired) electrons. The fourth-order valence-corrected chi connectivity index (χ4v) is 1.44. The van der Waals surface area contributed by atoms with Gasteiger partial charge in [0.25, 0.3) is 0 Å². The minimum atomic E-state index is 0. The Kier molecular flexibility index (Phi) is 11.3. The highest BCUT2D eigenvalue weighted by molar-refractivity contribution is 5.85. The van der Waals surface area contributed by atoms with Crippen LogP contribution in [0.1, 0.15) is 40.5 Å². The highest BCUT2D eigenvalue weighted by atomic mass is 35.5. The van der Waals surface area contributed by atoms with E-state index in [1.807, 2.05) is 0 Å². The van der Waals surface area contributed by atoms with Crippen molar-refractivity contribution in [2.45, 2.75) is 52.6 Å². The Hall–Kier alpha value is -0.600. The predicted molar refractivity (Wildman–Crippen MR) is 87.7 cm³/mol. The third kappa shape index (κ3) is 6.97. The number of anilines is 2. The number of benzene rings is 1. The Bertz CT molecular complexity index is 270. The van der Waals surface area contributed by atoms with Crippen LogP contribution in [0.4, 0.5) is 11.4 Å². The van der Waals surface area contributed by atoms with Gasteiger partial charge in [-0.25, -0.2) is 0 Å². The Labute approximate surface area is 124 Å². The van der Waals surface area contributed by atoms with E-state index in [2.05, 4.69) is 62.6 Å². The van der Waals surface area contributed by atoms with Crippen LogP contribution in [0, 0.1) is 0 Å². The van der Waals surface area contributed by atoms with E-state index in [0.29, 0.717) is 12.1 Å². The molecule has 0 spiro atoms. The van der Waals surface area contributed by atoms with Crippen LogP contribution in [0.5, 0.6) is 0 Å². The van der Waals surface area contributed by atoms with Crippen molar-refractivity contribution in [3.8, 4) is 0 Å². The van der Waals surface area contributed by atoms with Gasteiger partial charge in [0.05, 0.1) is 0 Å². The van der Waals surface area contributed by atoms with Crippen molar-refractivity contribution in [1.82, 2.24) is 0 Å². The molecule has 0 aliphatic rings. The normalized spacial score (nSPS) is 12.7. The molecular formula is C14H26Cl2N2. The zero-order valence-corrected chi connectivity index (χ0v) is 13.3. The predicted octanol–water partition coefficient (Wildman–Crippen LogP) is 4.95. The summed E-state index contributed by atoms with van der Waals surface area (Å²) in [5, 5.41) is 6.92. The van der Waals surface area contributed by atoms with E-state index in [-0.39, 0.29) is 24.8 Å². The van der Waals surface area contributed by atoms with Crippen LogP contribution in [-0.2, 0) is 0 Å². The van der Waals surface area contributed by atoms with Gasteiger partial charge in [-0.3, -0.25) is 0 Å². The van der Waals surface area contributed by atoms with Crippen molar-refractivity contribution >= 4 is 36.2 Å². The average molecular weight is 293 g/mol. The van der Waals surface area contributed by atoms with E-state index in [0.717, 1.165) is 12.8 Å². The molecule has 1 rings (SSSR count). The summed E-state index contributed by atoms with van der Waals surface area (Å²) in [6.07, 6.45) is 2.29. The lowest BCUT2D eigenvalue weighted by molar-refractivity contribution is 0.761. The number of halogens is 2. The average Bonchev–Trinajstić information content (AvgIpc) is 2.31. The summed E-state index contributed by atoms with van der Waals surface area (Å²) in [6.45, 7) is 8.78. The smallest absolute Gasteiger partial charge is 0.0343 e. The Morgan fingerprint density at radius 3 is 1.28 bits per heavy atom. The Morgan fingerprint density at radius 1 is 0.778 bits per heavy atom. The number of hydrogen-bond acceptors (Lipinski definition) is 2. The lowest BCUT2D eigenvalue weighted by Gasteiger charge is -2.15. The first-order valence-electron chi connectivity index (χ1n) is 6.28. The van der Waals surface area contributed by atoms with Gasteiger partial charge in [0.15, 0.2) is 0 Å². The second-order valence-electron chi connectivity index (χ2n) is 4.48. The highest BCUT2D eigenvalue weighted by Crippen LogP contribution is 2.16. The third-order valence-corrected chi connectivity index (χ3v) is 2.94. The molecule has 2 nitrogen and oxygen atoms in total. The van der Waals surface area contributed by atoms with Gasteiger partial charge in [-0.05, 0) is 51.0 Å². The molecule has 2 N–H and O–H groups in total. The molecule has 0 fully saturated rings. The largest absolute Gasteiger partial charge is 0.383 e. The van der Waals surface area contributed by atoms with Crippen LogP contribution in [0.3, 0.4) is 0 Å². The van der Waals surface area contributed by atoms with Crippen molar-refractivity contribution in [2.75, 3.05) is 10.6 Å². The summed E-state index contributed by atoms with van der Waals surface area (Å²) in [6, 6.07) is 9.61. The minimum absolute atomic E-state index is 0. The standard InChI is InChI=1S/C14H24N2.2ClH/c1-5-11(3)15-13-7-9-14(10-8-13)16-12(4)6-2;;/h7-12,15-16H,5-6H2,1-4H3;2*1H. The van der Waals surface area contributed by atoms with Crippen molar-refractivity contribution in [3.05, 3.63) is 24.3 Å². The van der Waals surface area contributed by atoms with Crippen LogP contribution in [0.2, 0.25) is 0 Å². The molecule has 0 aromatic heterocycles. The molecule has 1 aromatic rings. The summed E-state index contributed by atoms with van der Waals surface area (Å²) >= 11 is 0. The number of hydrogen-bond donors (Lipinski definition) is 2. The van der Waals surface area contributed by atoms with E-state index in [1.165, 1.54) is 11.4 Å². The first-order chi connectivity index (χ1) is 7.65. The lowest BCUT2D eigenvalue weighted by atomic mass is 10.2. The molecule has 0 aliphatic carbocycles. The van der Waals surface area contributed by atoms with Crippen molar-refractivity contribution in [2.24, 2.45) is 0 Å². The summed E-state index contributed by atoms with van der Waals surface area (Å²) in [5.74, 6) is 0. The number of rotatable bonds is 6. The van der Waals surface area contributed by atoms with Crippen LogP contribution in [0.25, 0.3) is 0 Å². The molecular weight excluding hydrogens is 267 g/mol. The van der Waals surface area contributed by atoms with E-state index in [9.17, 15) is 0 Å². The third-order valence-electron chi connectivity index (χ3n) is 2.94. The van der Waals surface area contributed by atoms with Crippen molar-refractivity contribution < 1.29 is 0 Å². The zero-order chi connectivity index (χ0) is 12.0. The second kappa shape index (κ2) is 10.3. The molecule has 0 amide bonds. The molecule has 0 saturated carbocycles. The van der Waals surface area contributed by atoms with E-state index in [1.54, 1.807) is 0 Å². The van der Waals surface area contributed by atoms with Gasteiger partial charge in [-0.2, -0.15) is 0 Å². The second-order valence-corrected chi connectivity index (χ2v) is 4.48. The quantitative estimate of drug-likeness (QED) is 0.775. The van der Waals surface area contributed by atoms with Gasteiger partial charge in [0, 0.05) is 23.5 Å². The summed E-state index contributed by atoms with van der Waals surface area (Å²) in [4.78, 5) is 0. The maximum Gasteiger partial charge on any atom is 0.0343 e. The molecule has 18 heavy (non-hydrogen) atoms. The topological polar surface area (TPSA) is 24.1 Å². The fraction of sp³-hybridized carbons (Fsp3) is 0.571. The van der Waals surface area contributed by atoms with Crippen LogP contribution >= 0.6 is 24.8 Å². The SMILES string of the molecule is CCC(C)Nc1ccc(NC(C)CC)cc1.Cl.Cl. The van der Waals surface area contributed by atoms with E-state index < -0.39 is 0 Å².